The van der Waals surface area contributed by atoms with Crippen LogP contribution in [0.3, 0.4) is 0 Å². The van der Waals surface area contributed by atoms with E-state index in [9.17, 15) is 5.11 Å². The van der Waals surface area contributed by atoms with Crippen molar-refractivity contribution in [2.24, 2.45) is 0 Å². The molecule has 2 aromatic carbocycles. The predicted octanol–water partition coefficient (Wildman–Crippen LogP) is 4.84. The first-order valence-electron chi connectivity index (χ1n) is 7.75. The van der Waals surface area contributed by atoms with Gasteiger partial charge in [0.15, 0.2) is 5.13 Å². The van der Waals surface area contributed by atoms with Crippen LogP contribution in [0.1, 0.15) is 22.9 Å². The number of aryl methyl sites for hydroxylation is 1. The van der Waals surface area contributed by atoms with Crippen LogP contribution in [0.5, 0.6) is 5.75 Å². The second-order valence-electron chi connectivity index (χ2n) is 5.68. The number of aromatic hydroxyl groups is 1. The molecule has 0 radical (unpaired) electrons. The highest BCUT2D eigenvalue weighted by Crippen LogP contribution is 2.37. The highest BCUT2D eigenvalue weighted by atomic mass is 32.1. The van der Waals surface area contributed by atoms with Crippen molar-refractivity contribution in [1.29, 1.82) is 0 Å². The number of hydrogen-bond acceptors (Lipinski definition) is 4. The fraction of sp³-hybridized carbons (Fsp3) is 0.105. The van der Waals surface area contributed by atoms with Gasteiger partial charge in [0, 0.05) is 39.3 Å². The van der Waals surface area contributed by atoms with E-state index in [1.807, 2.05) is 35.7 Å². The van der Waals surface area contributed by atoms with E-state index in [2.05, 4.69) is 34.3 Å². The van der Waals surface area contributed by atoms with Crippen molar-refractivity contribution in [2.45, 2.75) is 13.0 Å². The number of nitrogens with one attached hydrogen (secondary N) is 2. The summed E-state index contributed by atoms with van der Waals surface area (Å²) < 4.78 is 0. The summed E-state index contributed by atoms with van der Waals surface area (Å²) in [6.45, 7) is 2.06. The van der Waals surface area contributed by atoms with Crippen molar-refractivity contribution in [3.05, 3.63) is 76.9 Å². The maximum atomic E-state index is 10.4. The van der Waals surface area contributed by atoms with Crippen LogP contribution in [-0.4, -0.2) is 15.1 Å². The molecule has 1 atom stereocenters. The molecule has 2 heterocycles. The number of anilines is 1. The number of thiazole rings is 1. The summed E-state index contributed by atoms with van der Waals surface area (Å²) >= 11 is 1.55. The third-order valence-corrected chi connectivity index (χ3v) is 4.88. The van der Waals surface area contributed by atoms with Crippen LogP contribution in [0.4, 0.5) is 5.13 Å². The van der Waals surface area contributed by atoms with Crippen molar-refractivity contribution in [1.82, 2.24) is 9.97 Å². The molecule has 0 aliphatic rings. The van der Waals surface area contributed by atoms with Crippen molar-refractivity contribution in [2.75, 3.05) is 5.32 Å². The van der Waals surface area contributed by atoms with E-state index in [0.29, 0.717) is 0 Å². The van der Waals surface area contributed by atoms with Crippen molar-refractivity contribution in [3.63, 3.8) is 0 Å². The Labute approximate surface area is 143 Å². The summed E-state index contributed by atoms with van der Waals surface area (Å²) in [5.74, 6) is 0.274. The Hall–Kier alpha value is -2.79. The molecule has 0 spiro atoms. The van der Waals surface area contributed by atoms with E-state index in [4.69, 9.17) is 0 Å². The molecule has 4 nitrogen and oxygen atoms in total. The van der Waals surface area contributed by atoms with Gasteiger partial charge in [0.05, 0.1) is 6.04 Å². The zero-order valence-corrected chi connectivity index (χ0v) is 14.0. The maximum Gasteiger partial charge on any atom is 0.183 e. The first-order valence-corrected chi connectivity index (χ1v) is 8.63. The normalized spacial score (nSPS) is 12.4. The number of aromatic nitrogens is 2. The highest BCUT2D eigenvalue weighted by Gasteiger charge is 2.23. The third kappa shape index (κ3) is 2.53. The van der Waals surface area contributed by atoms with Crippen LogP contribution in [0, 0.1) is 6.92 Å². The van der Waals surface area contributed by atoms with Gasteiger partial charge in [0.1, 0.15) is 5.75 Å². The van der Waals surface area contributed by atoms with Crippen LogP contribution in [0.25, 0.3) is 10.9 Å². The van der Waals surface area contributed by atoms with Crippen LogP contribution in [0.15, 0.2) is 60.1 Å². The minimum Gasteiger partial charge on any atom is -0.508 e. The molecule has 0 saturated heterocycles. The molecular formula is C19H17N3OS. The number of benzene rings is 2. The lowest BCUT2D eigenvalue weighted by Gasteiger charge is -2.20. The van der Waals surface area contributed by atoms with Crippen molar-refractivity contribution < 1.29 is 5.11 Å². The minimum absolute atomic E-state index is 0.187. The molecule has 2 aromatic heterocycles. The number of nitrogens with zero attached hydrogens (tertiary/aromatic N) is 1. The molecule has 4 rings (SSSR count). The molecule has 5 heteroatoms. The van der Waals surface area contributed by atoms with Crippen molar-refractivity contribution >= 4 is 27.4 Å². The van der Waals surface area contributed by atoms with Gasteiger partial charge >= 0.3 is 0 Å². The number of rotatable bonds is 4. The lowest BCUT2D eigenvalue weighted by atomic mass is 9.95. The summed E-state index contributed by atoms with van der Waals surface area (Å²) in [6, 6.07) is 15.5. The lowest BCUT2D eigenvalue weighted by Crippen LogP contribution is -2.13. The molecule has 0 fully saturated rings. The fourth-order valence-corrected chi connectivity index (χ4v) is 3.68. The van der Waals surface area contributed by atoms with E-state index < -0.39 is 0 Å². The Balaban J connectivity index is 1.92. The second kappa shape index (κ2) is 6.02. The quantitative estimate of drug-likeness (QED) is 0.500. The molecule has 0 bridgehead atoms. The average molecular weight is 335 g/mol. The topological polar surface area (TPSA) is 60.9 Å². The van der Waals surface area contributed by atoms with Gasteiger partial charge in [-0.05, 0) is 19.1 Å². The van der Waals surface area contributed by atoms with Gasteiger partial charge in [0.2, 0.25) is 0 Å². The predicted molar refractivity (Wildman–Crippen MR) is 98.7 cm³/mol. The first kappa shape index (κ1) is 14.8. The van der Waals surface area contributed by atoms with Crippen LogP contribution in [-0.2, 0) is 0 Å². The van der Waals surface area contributed by atoms with E-state index in [1.165, 1.54) is 0 Å². The van der Waals surface area contributed by atoms with E-state index >= 15 is 0 Å². The summed E-state index contributed by atoms with van der Waals surface area (Å²) in [4.78, 5) is 7.78. The number of phenols is 1. The van der Waals surface area contributed by atoms with Crippen LogP contribution < -0.4 is 5.32 Å². The Kier molecular flexibility index (Phi) is 3.70. The zero-order valence-electron chi connectivity index (χ0n) is 13.2. The van der Waals surface area contributed by atoms with E-state index in [1.54, 1.807) is 23.6 Å². The standard InChI is InChI=1S/C19H17N3OS/c1-12-17(13-6-2-4-8-15(13)21-12)18(22-19-20-10-11-24-19)14-7-3-5-9-16(14)23/h2-11,18,21,23H,1H3,(H,20,22)/t18-/m1/s1. The van der Waals surface area contributed by atoms with E-state index in [0.717, 1.165) is 32.9 Å². The minimum atomic E-state index is -0.187. The van der Waals surface area contributed by atoms with Crippen molar-refractivity contribution in [3.8, 4) is 5.75 Å². The Morgan fingerprint density at radius 2 is 1.92 bits per heavy atom. The number of hydrogen-bond donors (Lipinski definition) is 3. The largest absolute Gasteiger partial charge is 0.508 e. The van der Waals surface area contributed by atoms with Crippen LogP contribution in [0.2, 0.25) is 0 Å². The molecule has 0 saturated carbocycles. The summed E-state index contributed by atoms with van der Waals surface area (Å²) in [5, 5.41) is 17.8. The second-order valence-corrected chi connectivity index (χ2v) is 6.58. The zero-order chi connectivity index (χ0) is 16.5. The number of H-pyrrole nitrogens is 1. The molecule has 0 amide bonds. The van der Waals surface area contributed by atoms with Gasteiger partial charge < -0.3 is 15.4 Å². The van der Waals surface area contributed by atoms with Gasteiger partial charge in [-0.3, -0.25) is 0 Å². The molecule has 0 aliphatic carbocycles. The average Bonchev–Trinajstić information content (AvgIpc) is 3.20. The lowest BCUT2D eigenvalue weighted by molar-refractivity contribution is 0.466. The van der Waals surface area contributed by atoms with Gasteiger partial charge in [0.25, 0.3) is 0 Å². The summed E-state index contributed by atoms with van der Waals surface area (Å²) in [7, 11) is 0. The molecule has 24 heavy (non-hydrogen) atoms. The number of fused-ring (bicyclic) bond motifs is 1. The highest BCUT2D eigenvalue weighted by molar-refractivity contribution is 7.13. The number of para-hydroxylation sites is 2. The number of phenolic OH excluding ortho intramolecular Hbond substituents is 1. The van der Waals surface area contributed by atoms with E-state index in [-0.39, 0.29) is 11.8 Å². The summed E-state index contributed by atoms with van der Waals surface area (Å²) in [5.41, 5.74) is 4.13. The molecule has 3 N–H and O–H groups in total. The monoisotopic (exact) mass is 335 g/mol. The summed E-state index contributed by atoms with van der Waals surface area (Å²) in [6.07, 6.45) is 1.77. The molecule has 120 valence electrons. The third-order valence-electron chi connectivity index (χ3n) is 4.18. The van der Waals surface area contributed by atoms with Crippen LogP contribution >= 0.6 is 11.3 Å². The molecule has 0 unspecified atom stereocenters. The smallest absolute Gasteiger partial charge is 0.183 e. The van der Waals surface area contributed by atoms with Gasteiger partial charge in [-0.2, -0.15) is 0 Å². The first-order chi connectivity index (χ1) is 11.7. The van der Waals surface area contributed by atoms with Gasteiger partial charge in [-0.15, -0.1) is 11.3 Å². The number of aromatic amines is 1. The fourth-order valence-electron chi connectivity index (χ4n) is 3.13. The SMILES string of the molecule is Cc1[nH]c2ccccc2c1[C@H](Nc1nccs1)c1ccccc1O. The van der Waals surface area contributed by atoms with Gasteiger partial charge in [-0.1, -0.05) is 36.4 Å². The Morgan fingerprint density at radius 3 is 2.71 bits per heavy atom. The Bertz CT molecular complexity index is 975. The molecule has 4 aromatic rings. The molecule has 0 aliphatic heterocycles. The molecular weight excluding hydrogens is 318 g/mol. The maximum absolute atomic E-state index is 10.4. The van der Waals surface area contributed by atoms with Gasteiger partial charge in [-0.25, -0.2) is 4.98 Å². The Morgan fingerprint density at radius 1 is 1.12 bits per heavy atom.